The number of aromatic amines is 1. The second-order valence-electron chi connectivity index (χ2n) is 3.66. The van der Waals surface area contributed by atoms with Crippen LogP contribution in [0.25, 0.3) is 11.3 Å². The molecule has 0 atom stereocenters. The summed E-state index contributed by atoms with van der Waals surface area (Å²) in [5.74, 6) is 0.905. The molecule has 1 aliphatic heterocycles. The Labute approximate surface area is 97.8 Å². The Balaban J connectivity index is 2.25. The molecule has 2 aromatic heterocycles. The number of aromatic nitrogens is 3. The Bertz CT molecular complexity index is 576. The fourth-order valence-corrected chi connectivity index (χ4v) is 2.14. The van der Waals surface area contributed by atoms with E-state index in [1.165, 1.54) is 5.56 Å². The smallest absolute Gasteiger partial charge is 0.199 e. The van der Waals surface area contributed by atoms with Crippen molar-refractivity contribution >= 4 is 18.0 Å². The highest BCUT2D eigenvalue weighted by atomic mass is 32.1. The molecule has 0 saturated heterocycles. The van der Waals surface area contributed by atoms with Crippen molar-refractivity contribution in [2.75, 3.05) is 11.9 Å². The molecule has 0 amide bonds. The summed E-state index contributed by atoms with van der Waals surface area (Å²) in [6.07, 6.45) is 4.57. The summed E-state index contributed by atoms with van der Waals surface area (Å²) in [5, 5.41) is 3.23. The fourth-order valence-electron chi connectivity index (χ4n) is 1.95. The predicted octanol–water partition coefficient (Wildman–Crippen LogP) is 2.17. The first-order valence-electron chi connectivity index (χ1n) is 5.12. The van der Waals surface area contributed by atoms with Crippen LogP contribution in [-0.2, 0) is 6.42 Å². The van der Waals surface area contributed by atoms with Crippen molar-refractivity contribution in [3.8, 4) is 11.3 Å². The summed E-state index contributed by atoms with van der Waals surface area (Å²) in [5.41, 5.74) is 3.28. The van der Waals surface area contributed by atoms with E-state index in [9.17, 15) is 0 Å². The van der Waals surface area contributed by atoms with Crippen LogP contribution in [0, 0.1) is 4.77 Å². The minimum absolute atomic E-state index is 0.506. The van der Waals surface area contributed by atoms with Crippen LogP contribution in [0.5, 0.6) is 0 Å². The summed E-state index contributed by atoms with van der Waals surface area (Å²) >= 11 is 5.11. The maximum Gasteiger partial charge on any atom is 0.199 e. The lowest BCUT2D eigenvalue weighted by Gasteiger charge is -2.06. The number of pyridine rings is 1. The minimum atomic E-state index is 0.506. The van der Waals surface area contributed by atoms with Gasteiger partial charge in [-0.1, -0.05) is 0 Å². The molecule has 0 spiro atoms. The number of nitrogens with one attached hydrogen (secondary N) is 2. The van der Waals surface area contributed by atoms with Gasteiger partial charge in [0.1, 0.15) is 5.82 Å². The maximum absolute atomic E-state index is 5.11. The molecule has 2 N–H and O–H groups in total. The number of H-pyrrole nitrogens is 1. The molecule has 0 aromatic carbocycles. The first-order chi connectivity index (χ1) is 7.84. The zero-order chi connectivity index (χ0) is 11.0. The predicted molar refractivity (Wildman–Crippen MR) is 64.8 cm³/mol. The molecule has 0 saturated carbocycles. The average molecular weight is 230 g/mol. The maximum atomic E-state index is 5.11. The molecule has 2 aromatic rings. The molecule has 80 valence electrons. The second kappa shape index (κ2) is 3.68. The molecule has 0 aliphatic carbocycles. The molecule has 5 heteroatoms. The molecule has 0 fully saturated rings. The minimum Gasteiger partial charge on any atom is -0.369 e. The summed E-state index contributed by atoms with van der Waals surface area (Å²) in [7, 11) is 0. The third-order valence-electron chi connectivity index (χ3n) is 2.65. The summed E-state index contributed by atoms with van der Waals surface area (Å²) in [6.45, 7) is 0.919. The Morgan fingerprint density at radius 3 is 3.12 bits per heavy atom. The number of hydrogen-bond donors (Lipinski definition) is 2. The number of nitrogens with zero attached hydrogens (tertiary/aromatic N) is 2. The van der Waals surface area contributed by atoms with Gasteiger partial charge >= 0.3 is 0 Å². The van der Waals surface area contributed by atoms with E-state index in [1.807, 2.05) is 18.3 Å². The largest absolute Gasteiger partial charge is 0.369 e. The standard InChI is InChI=1S/C11H10N4S/c16-11-14-9(7-2-1-4-12-6-7)8-3-5-13-10(8)15-11/h1-2,4,6H,3,5H2,(H2,13,14,15,16). The van der Waals surface area contributed by atoms with Crippen LogP contribution in [-0.4, -0.2) is 21.5 Å². The van der Waals surface area contributed by atoms with Crippen LogP contribution >= 0.6 is 12.2 Å². The topological polar surface area (TPSA) is 53.6 Å². The Morgan fingerprint density at radius 2 is 2.31 bits per heavy atom. The van der Waals surface area contributed by atoms with Crippen molar-refractivity contribution in [1.82, 2.24) is 15.0 Å². The van der Waals surface area contributed by atoms with Gasteiger partial charge in [-0.3, -0.25) is 4.98 Å². The fraction of sp³-hybridized carbons (Fsp3) is 0.182. The molecule has 1 aliphatic rings. The first-order valence-corrected chi connectivity index (χ1v) is 5.53. The molecule has 0 radical (unpaired) electrons. The van der Waals surface area contributed by atoms with Gasteiger partial charge in [0, 0.05) is 30.1 Å². The lowest BCUT2D eigenvalue weighted by molar-refractivity contribution is 1.08. The highest BCUT2D eigenvalue weighted by Gasteiger charge is 2.17. The molecule has 0 bridgehead atoms. The summed E-state index contributed by atoms with van der Waals surface area (Å²) in [6, 6.07) is 3.94. The van der Waals surface area contributed by atoms with Gasteiger partial charge in [-0.25, -0.2) is 4.98 Å². The van der Waals surface area contributed by atoms with E-state index >= 15 is 0 Å². The van der Waals surface area contributed by atoms with Crippen molar-refractivity contribution in [3.05, 3.63) is 34.9 Å². The van der Waals surface area contributed by atoms with E-state index in [2.05, 4.69) is 20.3 Å². The van der Waals surface area contributed by atoms with Crippen LogP contribution in [0.3, 0.4) is 0 Å². The van der Waals surface area contributed by atoms with Crippen LogP contribution in [0.4, 0.5) is 5.82 Å². The van der Waals surface area contributed by atoms with Gasteiger partial charge in [0.05, 0.1) is 5.69 Å². The number of fused-ring (bicyclic) bond motifs is 1. The van der Waals surface area contributed by atoms with E-state index < -0.39 is 0 Å². The SMILES string of the molecule is S=c1nc2c(c(-c3cccnc3)[nH]1)CCN2. The van der Waals surface area contributed by atoms with Gasteiger partial charge < -0.3 is 10.3 Å². The van der Waals surface area contributed by atoms with E-state index in [-0.39, 0.29) is 0 Å². The average Bonchev–Trinajstić information content (AvgIpc) is 2.77. The van der Waals surface area contributed by atoms with E-state index in [0.29, 0.717) is 4.77 Å². The lowest BCUT2D eigenvalue weighted by atomic mass is 10.1. The van der Waals surface area contributed by atoms with Crippen molar-refractivity contribution < 1.29 is 0 Å². The van der Waals surface area contributed by atoms with E-state index in [0.717, 1.165) is 30.0 Å². The molecule has 4 nitrogen and oxygen atoms in total. The Hall–Kier alpha value is -1.75. The third-order valence-corrected chi connectivity index (χ3v) is 2.84. The zero-order valence-corrected chi connectivity index (χ0v) is 9.34. The highest BCUT2D eigenvalue weighted by Crippen LogP contribution is 2.28. The molecule has 3 rings (SSSR count). The van der Waals surface area contributed by atoms with E-state index in [4.69, 9.17) is 12.2 Å². The van der Waals surface area contributed by atoms with Crippen LogP contribution < -0.4 is 5.32 Å². The van der Waals surface area contributed by atoms with Gasteiger partial charge in [0.2, 0.25) is 0 Å². The molecule has 3 heterocycles. The van der Waals surface area contributed by atoms with Crippen molar-refractivity contribution in [2.45, 2.75) is 6.42 Å². The quantitative estimate of drug-likeness (QED) is 0.737. The van der Waals surface area contributed by atoms with Gasteiger partial charge in [0.15, 0.2) is 4.77 Å². The summed E-state index contributed by atoms with van der Waals surface area (Å²) in [4.78, 5) is 11.5. The van der Waals surface area contributed by atoms with Gasteiger partial charge in [-0.2, -0.15) is 0 Å². The van der Waals surface area contributed by atoms with Crippen molar-refractivity contribution in [1.29, 1.82) is 0 Å². The van der Waals surface area contributed by atoms with Gasteiger partial charge in [-0.15, -0.1) is 0 Å². The highest BCUT2D eigenvalue weighted by molar-refractivity contribution is 7.71. The summed E-state index contributed by atoms with van der Waals surface area (Å²) < 4.78 is 0.506. The van der Waals surface area contributed by atoms with Gasteiger partial charge in [0.25, 0.3) is 0 Å². The third kappa shape index (κ3) is 1.49. The zero-order valence-electron chi connectivity index (χ0n) is 8.53. The van der Waals surface area contributed by atoms with Gasteiger partial charge in [-0.05, 0) is 30.8 Å². The number of hydrogen-bond acceptors (Lipinski definition) is 4. The second-order valence-corrected chi connectivity index (χ2v) is 4.05. The van der Waals surface area contributed by atoms with Crippen LogP contribution in [0.2, 0.25) is 0 Å². The lowest BCUT2D eigenvalue weighted by Crippen LogP contribution is -1.96. The Morgan fingerprint density at radius 1 is 1.38 bits per heavy atom. The first kappa shape index (κ1) is 9.47. The van der Waals surface area contributed by atoms with Crippen LogP contribution in [0.1, 0.15) is 5.56 Å². The normalized spacial score (nSPS) is 13.2. The molecular formula is C11H10N4S. The van der Waals surface area contributed by atoms with Crippen LogP contribution in [0.15, 0.2) is 24.5 Å². The molecule has 16 heavy (non-hydrogen) atoms. The van der Waals surface area contributed by atoms with Crippen molar-refractivity contribution in [2.24, 2.45) is 0 Å². The monoisotopic (exact) mass is 230 g/mol. The Kier molecular flexibility index (Phi) is 2.18. The molecule has 0 unspecified atom stereocenters. The molecular weight excluding hydrogens is 220 g/mol. The van der Waals surface area contributed by atoms with E-state index in [1.54, 1.807) is 6.20 Å². The van der Waals surface area contributed by atoms with Crippen molar-refractivity contribution in [3.63, 3.8) is 0 Å². The number of anilines is 1. The number of rotatable bonds is 1.